The van der Waals surface area contributed by atoms with Gasteiger partial charge in [0.15, 0.2) is 0 Å². The second-order valence-corrected chi connectivity index (χ2v) is 12.8. The van der Waals surface area contributed by atoms with Crippen molar-refractivity contribution >= 4 is 39.1 Å². The van der Waals surface area contributed by atoms with Crippen molar-refractivity contribution in [3.63, 3.8) is 0 Å². The zero-order valence-electron chi connectivity index (χ0n) is 22.7. The SMILES string of the molecule is COC1(C(=O)NS(=O)(=O)c2ccc(N[C@H](CCN(C)C)CSc3ccccc3)c([N+](=O)[O-])c2)CCCCCC1. The molecule has 0 aliphatic heterocycles. The fourth-order valence-electron chi connectivity index (χ4n) is 4.59. The van der Waals surface area contributed by atoms with Crippen molar-refractivity contribution in [2.24, 2.45) is 0 Å². The lowest BCUT2D eigenvalue weighted by Gasteiger charge is -2.29. The Hall–Kier alpha value is -2.67. The zero-order valence-corrected chi connectivity index (χ0v) is 24.4. The van der Waals surface area contributed by atoms with E-state index < -0.39 is 26.5 Å². The van der Waals surface area contributed by atoms with Crippen LogP contribution in [0.2, 0.25) is 0 Å². The Kier molecular flexibility index (Phi) is 11.2. The van der Waals surface area contributed by atoms with E-state index in [1.807, 2.05) is 49.3 Å². The second kappa shape index (κ2) is 14.1. The Morgan fingerprint density at radius 1 is 1.13 bits per heavy atom. The van der Waals surface area contributed by atoms with Crippen LogP contribution in [-0.4, -0.2) is 69.3 Å². The van der Waals surface area contributed by atoms with Gasteiger partial charge in [0.1, 0.15) is 11.3 Å². The van der Waals surface area contributed by atoms with Gasteiger partial charge in [-0.1, -0.05) is 43.9 Å². The zero-order chi connectivity index (χ0) is 28.5. The average molecular weight is 579 g/mol. The molecule has 1 aliphatic rings. The lowest BCUT2D eigenvalue weighted by Crippen LogP contribution is -2.49. The van der Waals surface area contributed by atoms with E-state index in [4.69, 9.17) is 4.74 Å². The highest BCUT2D eigenvalue weighted by Crippen LogP contribution is 2.32. The maximum Gasteiger partial charge on any atom is 0.293 e. The molecule has 0 saturated heterocycles. The molecule has 1 fully saturated rings. The Morgan fingerprint density at radius 3 is 2.38 bits per heavy atom. The van der Waals surface area contributed by atoms with Crippen LogP contribution in [0.25, 0.3) is 0 Å². The highest BCUT2D eigenvalue weighted by atomic mass is 32.2. The highest BCUT2D eigenvalue weighted by molar-refractivity contribution is 7.99. The van der Waals surface area contributed by atoms with E-state index in [0.717, 1.165) is 49.6 Å². The number of carbonyl (C=O) groups is 1. The molecule has 3 rings (SSSR count). The largest absolute Gasteiger partial charge is 0.376 e. The number of methoxy groups -OCH3 is 1. The van der Waals surface area contributed by atoms with Crippen molar-refractivity contribution in [1.29, 1.82) is 0 Å². The van der Waals surface area contributed by atoms with Crippen molar-refractivity contribution < 1.29 is 22.9 Å². The number of ether oxygens (including phenoxy) is 1. The summed E-state index contributed by atoms with van der Waals surface area (Å²) < 4.78 is 33.9. The van der Waals surface area contributed by atoms with E-state index in [-0.39, 0.29) is 22.3 Å². The Labute approximate surface area is 235 Å². The van der Waals surface area contributed by atoms with Crippen LogP contribution in [0, 0.1) is 10.1 Å². The summed E-state index contributed by atoms with van der Waals surface area (Å²) >= 11 is 1.64. The van der Waals surface area contributed by atoms with Gasteiger partial charge in [-0.3, -0.25) is 14.9 Å². The minimum absolute atomic E-state index is 0.115. The third-order valence-corrected chi connectivity index (χ3v) is 9.40. The van der Waals surface area contributed by atoms with E-state index in [0.29, 0.717) is 18.6 Å². The quantitative estimate of drug-likeness (QED) is 0.151. The third kappa shape index (κ3) is 8.66. The number of thioether (sulfide) groups is 1. The van der Waals surface area contributed by atoms with E-state index >= 15 is 0 Å². The molecule has 0 aromatic heterocycles. The molecule has 0 radical (unpaired) electrons. The number of rotatable bonds is 13. The van der Waals surface area contributed by atoms with Crippen molar-refractivity contribution in [2.45, 2.75) is 66.4 Å². The van der Waals surface area contributed by atoms with E-state index in [9.17, 15) is 23.3 Å². The molecule has 1 saturated carbocycles. The molecule has 2 aromatic rings. The lowest BCUT2D eigenvalue weighted by molar-refractivity contribution is -0.384. The maximum absolute atomic E-state index is 13.1. The van der Waals surface area contributed by atoms with Gasteiger partial charge in [-0.05, 0) is 64.2 Å². The smallest absolute Gasteiger partial charge is 0.293 e. The fraction of sp³-hybridized carbons (Fsp3) is 0.519. The highest BCUT2D eigenvalue weighted by Gasteiger charge is 2.41. The van der Waals surface area contributed by atoms with Crippen LogP contribution >= 0.6 is 11.8 Å². The molecular formula is C27H38N4O6S2. The molecule has 10 nitrogen and oxygen atoms in total. The number of nitrogens with one attached hydrogen (secondary N) is 2. The van der Waals surface area contributed by atoms with Crippen LogP contribution in [0.4, 0.5) is 11.4 Å². The number of nitro groups is 1. The number of anilines is 1. The Balaban J connectivity index is 1.81. The molecule has 39 heavy (non-hydrogen) atoms. The number of benzene rings is 2. The molecule has 2 N–H and O–H groups in total. The van der Waals surface area contributed by atoms with Crippen LogP contribution in [-0.2, 0) is 19.6 Å². The van der Waals surface area contributed by atoms with Crippen molar-refractivity contribution in [2.75, 3.05) is 38.8 Å². The van der Waals surface area contributed by atoms with Gasteiger partial charge in [-0.25, -0.2) is 13.1 Å². The monoisotopic (exact) mass is 578 g/mol. The summed E-state index contributed by atoms with van der Waals surface area (Å²) in [4.78, 5) is 27.2. The molecule has 1 atom stereocenters. The molecule has 0 heterocycles. The molecule has 0 unspecified atom stereocenters. The summed E-state index contributed by atoms with van der Waals surface area (Å²) in [6.45, 7) is 0.764. The van der Waals surface area contributed by atoms with Crippen molar-refractivity contribution in [1.82, 2.24) is 9.62 Å². The number of hydrogen-bond acceptors (Lipinski definition) is 9. The number of sulfonamides is 1. The van der Waals surface area contributed by atoms with Gasteiger partial charge in [0.25, 0.3) is 21.6 Å². The fourth-order valence-corrected chi connectivity index (χ4v) is 6.65. The van der Waals surface area contributed by atoms with Crippen LogP contribution in [0.1, 0.15) is 44.9 Å². The van der Waals surface area contributed by atoms with Crippen LogP contribution in [0.15, 0.2) is 58.3 Å². The lowest BCUT2D eigenvalue weighted by atomic mass is 9.93. The third-order valence-electron chi connectivity index (χ3n) is 6.90. The standard InChI is InChI=1S/C27H38N4O6S2/c1-30(2)18-15-21(20-38-22-11-7-6-8-12-22)28-24-14-13-23(19-25(24)31(33)34)39(35,36)29-26(32)27(37-3)16-9-4-5-10-17-27/h6-8,11-14,19,21,28H,4-5,9-10,15-18,20H2,1-3H3,(H,29,32)/t21-/m1/s1. The summed E-state index contributed by atoms with van der Waals surface area (Å²) in [7, 11) is 0.966. The minimum Gasteiger partial charge on any atom is -0.376 e. The van der Waals surface area contributed by atoms with Crippen molar-refractivity contribution in [3.8, 4) is 0 Å². The number of nitrogens with zero attached hydrogens (tertiary/aromatic N) is 2. The maximum atomic E-state index is 13.1. The van der Waals surface area contributed by atoms with Gasteiger partial charge in [0, 0.05) is 29.9 Å². The predicted molar refractivity (Wildman–Crippen MR) is 154 cm³/mol. The Bertz CT molecular complexity index is 1220. The first-order chi connectivity index (χ1) is 18.6. The van der Waals surface area contributed by atoms with Crippen molar-refractivity contribution in [3.05, 3.63) is 58.6 Å². The first-order valence-electron chi connectivity index (χ1n) is 13.1. The number of hydrogen-bond donors (Lipinski definition) is 2. The molecule has 1 aliphatic carbocycles. The second-order valence-electron chi connectivity index (χ2n) is 10.0. The molecular weight excluding hydrogens is 540 g/mol. The summed E-state index contributed by atoms with van der Waals surface area (Å²) in [5.74, 6) is -0.0806. The van der Waals surface area contributed by atoms with E-state index in [1.165, 1.54) is 19.2 Å². The first-order valence-corrected chi connectivity index (χ1v) is 15.5. The van der Waals surface area contributed by atoms with Gasteiger partial charge < -0.3 is 15.0 Å². The van der Waals surface area contributed by atoms with Crippen LogP contribution in [0.5, 0.6) is 0 Å². The number of nitro benzene ring substituents is 1. The summed E-state index contributed by atoms with van der Waals surface area (Å²) in [6, 6.07) is 13.4. The summed E-state index contributed by atoms with van der Waals surface area (Å²) in [5, 5.41) is 15.2. The van der Waals surface area contributed by atoms with Gasteiger partial charge in [-0.2, -0.15) is 0 Å². The van der Waals surface area contributed by atoms with Crippen LogP contribution in [0.3, 0.4) is 0 Å². The minimum atomic E-state index is -4.36. The summed E-state index contributed by atoms with van der Waals surface area (Å²) in [5.41, 5.74) is -1.38. The summed E-state index contributed by atoms with van der Waals surface area (Å²) in [6.07, 6.45) is 4.97. The normalized spacial score (nSPS) is 16.3. The molecule has 2 aromatic carbocycles. The van der Waals surface area contributed by atoms with Crippen LogP contribution < -0.4 is 10.0 Å². The first kappa shape index (κ1) is 30.9. The molecule has 0 spiro atoms. The molecule has 12 heteroatoms. The predicted octanol–water partition coefficient (Wildman–Crippen LogP) is 4.66. The van der Waals surface area contributed by atoms with E-state index in [2.05, 4.69) is 10.0 Å². The van der Waals surface area contributed by atoms with Gasteiger partial charge in [0.05, 0.1) is 9.82 Å². The van der Waals surface area contributed by atoms with Gasteiger partial charge >= 0.3 is 0 Å². The van der Waals surface area contributed by atoms with Gasteiger partial charge in [-0.15, -0.1) is 11.8 Å². The molecule has 0 bridgehead atoms. The average Bonchev–Trinajstić information content (AvgIpc) is 3.17. The van der Waals surface area contributed by atoms with E-state index in [1.54, 1.807) is 11.8 Å². The number of carbonyl (C=O) groups excluding carboxylic acids is 1. The molecule has 214 valence electrons. The van der Waals surface area contributed by atoms with Gasteiger partial charge in [0.2, 0.25) is 0 Å². The molecule has 1 amide bonds. The number of amides is 1. The Morgan fingerprint density at radius 2 is 1.79 bits per heavy atom. The topological polar surface area (TPSA) is 131 Å².